The first-order chi connectivity index (χ1) is 8.28. The van der Waals surface area contributed by atoms with E-state index in [1.165, 1.54) is 0 Å². The Morgan fingerprint density at radius 3 is 2.24 bits per heavy atom. The lowest BCUT2D eigenvalue weighted by atomic mass is 10.5. The second-order valence-electron chi connectivity index (χ2n) is 3.27. The molecule has 2 nitrogen and oxygen atoms in total. The number of aliphatic hydroxyl groups is 2. The Hall–Kier alpha value is 1.55. The standard InChI is InChI=1S/C10H20Cl2O2S3/c11-1-3-16-10(6-14)8-17-9(5-12)7-15-4-2-13/h9-10,13-14H,1-8H2. The van der Waals surface area contributed by atoms with Crippen molar-refractivity contribution in [3.63, 3.8) is 0 Å². The van der Waals surface area contributed by atoms with E-state index in [-0.39, 0.29) is 18.5 Å². The number of halogens is 2. The van der Waals surface area contributed by atoms with Crippen molar-refractivity contribution in [2.45, 2.75) is 10.5 Å². The Labute approximate surface area is 127 Å². The maximum absolute atomic E-state index is 9.20. The van der Waals surface area contributed by atoms with E-state index >= 15 is 0 Å². The molecule has 0 aromatic rings. The molecule has 0 amide bonds. The van der Waals surface area contributed by atoms with Gasteiger partial charge in [-0.3, -0.25) is 0 Å². The Bertz CT molecular complexity index is 166. The zero-order valence-corrected chi connectivity index (χ0v) is 13.6. The molecule has 0 fully saturated rings. The summed E-state index contributed by atoms with van der Waals surface area (Å²) >= 11 is 16.7. The second kappa shape index (κ2) is 14.0. The SMILES string of the molecule is OCCSCC(CCl)SCC(CO)SCCCl. The molecule has 0 bridgehead atoms. The summed E-state index contributed by atoms with van der Waals surface area (Å²) in [5.41, 5.74) is 0. The fourth-order valence-electron chi connectivity index (χ4n) is 1.02. The van der Waals surface area contributed by atoms with E-state index in [9.17, 15) is 5.11 Å². The average molecular weight is 339 g/mol. The van der Waals surface area contributed by atoms with Crippen molar-refractivity contribution in [2.24, 2.45) is 0 Å². The Balaban J connectivity index is 3.69. The lowest BCUT2D eigenvalue weighted by Crippen LogP contribution is -2.18. The Morgan fingerprint density at radius 2 is 1.71 bits per heavy atom. The minimum absolute atomic E-state index is 0.188. The van der Waals surface area contributed by atoms with Gasteiger partial charge in [0.2, 0.25) is 0 Å². The van der Waals surface area contributed by atoms with Crippen molar-refractivity contribution in [3.8, 4) is 0 Å². The van der Waals surface area contributed by atoms with Crippen LogP contribution in [0.5, 0.6) is 0 Å². The lowest BCUT2D eigenvalue weighted by Gasteiger charge is -2.17. The number of rotatable bonds is 12. The van der Waals surface area contributed by atoms with Crippen LogP contribution in [0, 0.1) is 0 Å². The molecule has 0 rings (SSSR count). The van der Waals surface area contributed by atoms with Crippen LogP contribution in [0.1, 0.15) is 0 Å². The van der Waals surface area contributed by atoms with Crippen LogP contribution < -0.4 is 0 Å². The van der Waals surface area contributed by atoms with Crippen LogP contribution in [-0.2, 0) is 0 Å². The van der Waals surface area contributed by atoms with E-state index in [1.54, 1.807) is 35.3 Å². The molecule has 0 aromatic heterocycles. The molecule has 0 aliphatic carbocycles. The minimum atomic E-state index is 0.188. The normalized spacial score (nSPS) is 14.8. The van der Waals surface area contributed by atoms with Crippen molar-refractivity contribution in [1.29, 1.82) is 0 Å². The third kappa shape index (κ3) is 11.1. The monoisotopic (exact) mass is 338 g/mol. The molecule has 0 spiro atoms. The fraction of sp³-hybridized carbons (Fsp3) is 1.00. The average Bonchev–Trinajstić information content (AvgIpc) is 2.36. The molecule has 0 saturated heterocycles. The fourth-order valence-corrected chi connectivity index (χ4v) is 4.98. The van der Waals surface area contributed by atoms with E-state index in [2.05, 4.69) is 0 Å². The molecule has 2 N–H and O–H groups in total. The first-order valence-electron chi connectivity index (χ1n) is 5.43. The summed E-state index contributed by atoms with van der Waals surface area (Å²) in [4.78, 5) is 0. The van der Waals surface area contributed by atoms with E-state index in [0.717, 1.165) is 23.0 Å². The van der Waals surface area contributed by atoms with E-state index in [0.29, 0.717) is 17.0 Å². The first kappa shape index (κ1) is 18.6. The van der Waals surface area contributed by atoms with Crippen molar-refractivity contribution < 1.29 is 10.2 Å². The summed E-state index contributed by atoms with van der Waals surface area (Å²) in [5.74, 6) is 4.72. The predicted octanol–water partition coefficient (Wildman–Crippen LogP) is 2.39. The van der Waals surface area contributed by atoms with Gasteiger partial charge in [-0.05, 0) is 0 Å². The number of hydrogen-bond donors (Lipinski definition) is 2. The van der Waals surface area contributed by atoms with Gasteiger partial charge in [-0.15, -0.1) is 23.2 Å². The highest BCUT2D eigenvalue weighted by Crippen LogP contribution is 2.23. The molecule has 0 aromatic carbocycles. The van der Waals surface area contributed by atoms with Crippen LogP contribution in [0.25, 0.3) is 0 Å². The van der Waals surface area contributed by atoms with Gasteiger partial charge in [0.15, 0.2) is 0 Å². The summed E-state index contributed by atoms with van der Waals surface area (Å²) in [6.45, 7) is 0.405. The predicted molar refractivity (Wildman–Crippen MR) is 85.4 cm³/mol. The number of alkyl halides is 2. The second-order valence-corrected chi connectivity index (χ2v) is 7.85. The van der Waals surface area contributed by atoms with Crippen LogP contribution in [0.15, 0.2) is 0 Å². The van der Waals surface area contributed by atoms with Crippen LogP contribution in [0.4, 0.5) is 0 Å². The maximum atomic E-state index is 9.20. The van der Waals surface area contributed by atoms with Gasteiger partial charge in [0, 0.05) is 45.3 Å². The molecule has 0 aliphatic heterocycles. The Morgan fingerprint density at radius 1 is 0.941 bits per heavy atom. The maximum Gasteiger partial charge on any atom is 0.0558 e. The molecular formula is C10H20Cl2O2S3. The van der Waals surface area contributed by atoms with E-state index in [4.69, 9.17) is 28.3 Å². The molecule has 2 atom stereocenters. The van der Waals surface area contributed by atoms with Crippen molar-refractivity contribution >= 4 is 58.5 Å². The zero-order valence-electron chi connectivity index (χ0n) is 9.69. The molecule has 0 saturated carbocycles. The van der Waals surface area contributed by atoms with Gasteiger partial charge in [0.05, 0.1) is 13.2 Å². The first-order valence-corrected chi connectivity index (χ1v) is 9.75. The lowest BCUT2D eigenvalue weighted by molar-refractivity contribution is 0.301. The van der Waals surface area contributed by atoms with Crippen LogP contribution in [0.3, 0.4) is 0 Å². The molecule has 104 valence electrons. The van der Waals surface area contributed by atoms with Gasteiger partial charge in [-0.25, -0.2) is 0 Å². The largest absolute Gasteiger partial charge is 0.396 e. The van der Waals surface area contributed by atoms with Crippen molar-refractivity contribution in [2.75, 3.05) is 48.0 Å². The van der Waals surface area contributed by atoms with Gasteiger partial charge in [0.25, 0.3) is 0 Å². The van der Waals surface area contributed by atoms with Crippen LogP contribution >= 0.6 is 58.5 Å². The highest BCUT2D eigenvalue weighted by atomic mass is 35.5. The summed E-state index contributed by atoms with van der Waals surface area (Å²) in [6, 6.07) is 0. The summed E-state index contributed by atoms with van der Waals surface area (Å²) in [5, 5.41) is 18.5. The van der Waals surface area contributed by atoms with Crippen molar-refractivity contribution in [3.05, 3.63) is 0 Å². The third-order valence-corrected chi connectivity index (χ3v) is 6.99. The number of thioether (sulfide) groups is 3. The molecule has 0 radical (unpaired) electrons. The summed E-state index contributed by atoms with van der Waals surface area (Å²) < 4.78 is 0. The van der Waals surface area contributed by atoms with Crippen LogP contribution in [-0.4, -0.2) is 68.7 Å². The summed E-state index contributed by atoms with van der Waals surface area (Å²) in [7, 11) is 0. The number of hydrogen-bond acceptors (Lipinski definition) is 5. The number of aliphatic hydroxyl groups excluding tert-OH is 2. The van der Waals surface area contributed by atoms with Gasteiger partial charge in [-0.2, -0.15) is 35.3 Å². The van der Waals surface area contributed by atoms with Gasteiger partial charge in [-0.1, -0.05) is 0 Å². The molecular weight excluding hydrogens is 319 g/mol. The third-order valence-electron chi connectivity index (χ3n) is 1.86. The smallest absolute Gasteiger partial charge is 0.0558 e. The van der Waals surface area contributed by atoms with E-state index in [1.807, 2.05) is 0 Å². The van der Waals surface area contributed by atoms with Crippen LogP contribution in [0.2, 0.25) is 0 Å². The van der Waals surface area contributed by atoms with Crippen molar-refractivity contribution in [1.82, 2.24) is 0 Å². The molecule has 7 heteroatoms. The molecule has 0 heterocycles. The molecule has 17 heavy (non-hydrogen) atoms. The van der Waals surface area contributed by atoms with Gasteiger partial charge >= 0.3 is 0 Å². The van der Waals surface area contributed by atoms with Gasteiger partial charge in [0.1, 0.15) is 0 Å². The highest BCUT2D eigenvalue weighted by molar-refractivity contribution is 8.05. The quantitative estimate of drug-likeness (QED) is 0.422. The highest BCUT2D eigenvalue weighted by Gasteiger charge is 2.13. The topological polar surface area (TPSA) is 40.5 Å². The molecule has 2 unspecified atom stereocenters. The van der Waals surface area contributed by atoms with Gasteiger partial charge < -0.3 is 10.2 Å². The minimum Gasteiger partial charge on any atom is -0.396 e. The van der Waals surface area contributed by atoms with E-state index < -0.39 is 0 Å². The Kier molecular flexibility index (Phi) is 15.2. The summed E-state index contributed by atoms with van der Waals surface area (Å²) in [6.07, 6.45) is 0. The molecule has 0 aliphatic rings. The zero-order chi connectivity index (χ0) is 12.9.